The number of carbonyl (C=O) groups is 3. The molecule has 6 rings (SSSR count). The van der Waals surface area contributed by atoms with Gasteiger partial charge in [0.2, 0.25) is 11.8 Å². The van der Waals surface area contributed by atoms with E-state index in [9.17, 15) is 14.4 Å². The van der Waals surface area contributed by atoms with Crippen LogP contribution in [0.3, 0.4) is 0 Å². The topological polar surface area (TPSA) is 60.9 Å². The number of carbonyl (C=O) groups excluding carboxylic acids is 3. The summed E-state index contributed by atoms with van der Waals surface area (Å²) in [6, 6.07) is 14.9. The van der Waals surface area contributed by atoms with Gasteiger partial charge in [-0.15, -0.1) is 0 Å². The maximum Gasteiger partial charge on any atom is 0.253 e. The maximum atomic E-state index is 13.7. The Bertz CT molecular complexity index is 1200. The molecule has 2 heterocycles. The van der Waals surface area contributed by atoms with Crippen molar-refractivity contribution in [2.24, 2.45) is 23.7 Å². The number of anilines is 2. The minimum absolute atomic E-state index is 0.125. The van der Waals surface area contributed by atoms with Crippen LogP contribution in [0, 0.1) is 23.7 Å². The largest absolute Gasteiger partial charge is 0.378 e. The summed E-state index contributed by atoms with van der Waals surface area (Å²) >= 11 is 0. The zero-order valence-corrected chi connectivity index (χ0v) is 20.6. The van der Waals surface area contributed by atoms with Crippen LogP contribution >= 0.6 is 0 Å². The third-order valence-corrected chi connectivity index (χ3v) is 8.44. The van der Waals surface area contributed by atoms with Crippen molar-refractivity contribution in [1.82, 2.24) is 4.90 Å². The van der Waals surface area contributed by atoms with Crippen molar-refractivity contribution in [3.63, 3.8) is 0 Å². The molecule has 6 nitrogen and oxygen atoms in total. The number of fused-ring (bicyclic) bond motifs is 5. The van der Waals surface area contributed by atoms with Gasteiger partial charge >= 0.3 is 0 Å². The monoisotopic (exact) mass is 469 g/mol. The number of benzene rings is 2. The zero-order valence-electron chi connectivity index (χ0n) is 20.6. The summed E-state index contributed by atoms with van der Waals surface area (Å²) in [5, 5.41) is 0. The van der Waals surface area contributed by atoms with Gasteiger partial charge in [-0.2, -0.15) is 0 Å². The SMILES string of the molecule is CC(C)c1ccc(C2C(N3C(=O)C4C5C=CC(C5)C4C3=O)C(=O)N2c2ccc(N(C)C)cc2)cc1. The average molecular weight is 470 g/mol. The first-order chi connectivity index (χ1) is 16.8. The lowest BCUT2D eigenvalue weighted by molar-refractivity contribution is -0.153. The van der Waals surface area contributed by atoms with Gasteiger partial charge in [0, 0.05) is 25.5 Å². The molecule has 4 aliphatic rings. The molecule has 35 heavy (non-hydrogen) atoms. The van der Waals surface area contributed by atoms with Gasteiger partial charge in [0.25, 0.3) is 5.91 Å². The van der Waals surface area contributed by atoms with E-state index in [-0.39, 0.29) is 41.4 Å². The summed E-state index contributed by atoms with van der Waals surface area (Å²) in [5.74, 6) is -0.488. The molecule has 2 aliphatic carbocycles. The van der Waals surface area contributed by atoms with Crippen LogP contribution in [0.2, 0.25) is 0 Å². The first-order valence-corrected chi connectivity index (χ1v) is 12.5. The molecule has 2 aromatic carbocycles. The summed E-state index contributed by atoms with van der Waals surface area (Å²) < 4.78 is 0. The standard InChI is InChI=1S/C29H31N3O3/c1-16(2)17-5-7-18(8-6-17)25-26(29(35)31(25)22-13-11-21(12-14-22)30(3)4)32-27(33)23-19-9-10-20(15-19)24(23)28(32)34/h5-14,16,19-20,23-26H,15H2,1-4H3. The number of imide groups is 1. The summed E-state index contributed by atoms with van der Waals surface area (Å²) in [6.45, 7) is 4.29. The normalized spacial score (nSPS) is 30.9. The Morgan fingerprint density at radius 2 is 1.31 bits per heavy atom. The van der Waals surface area contributed by atoms with Crippen LogP contribution in [0.4, 0.5) is 11.4 Å². The van der Waals surface area contributed by atoms with Gasteiger partial charge in [-0.25, -0.2) is 0 Å². The van der Waals surface area contributed by atoms with Crippen LogP contribution in [-0.4, -0.2) is 42.8 Å². The van der Waals surface area contributed by atoms with E-state index in [2.05, 4.69) is 38.1 Å². The first-order valence-electron chi connectivity index (χ1n) is 12.5. The predicted molar refractivity (Wildman–Crippen MR) is 135 cm³/mol. The lowest BCUT2D eigenvalue weighted by Gasteiger charge is -2.50. The smallest absolute Gasteiger partial charge is 0.253 e. The van der Waals surface area contributed by atoms with Gasteiger partial charge in [0.15, 0.2) is 0 Å². The number of hydrogen-bond donors (Lipinski definition) is 0. The number of β-lactam (4-membered cyclic amide) rings is 1. The minimum Gasteiger partial charge on any atom is -0.378 e. The lowest BCUT2D eigenvalue weighted by atomic mass is 9.85. The fraction of sp³-hybridized carbons (Fsp3) is 0.414. The van der Waals surface area contributed by atoms with Gasteiger partial charge in [-0.1, -0.05) is 50.3 Å². The van der Waals surface area contributed by atoms with Gasteiger partial charge < -0.3 is 9.80 Å². The Labute approximate surface area is 206 Å². The molecule has 2 aromatic rings. The summed E-state index contributed by atoms with van der Waals surface area (Å²) in [7, 11) is 3.95. The van der Waals surface area contributed by atoms with Crippen molar-refractivity contribution >= 4 is 29.1 Å². The Morgan fingerprint density at radius 1 is 0.743 bits per heavy atom. The van der Waals surface area contributed by atoms with E-state index in [1.54, 1.807) is 4.90 Å². The molecule has 3 amide bonds. The van der Waals surface area contributed by atoms with E-state index in [1.165, 1.54) is 10.5 Å². The predicted octanol–water partition coefficient (Wildman–Crippen LogP) is 4.14. The second-order valence-electron chi connectivity index (χ2n) is 10.9. The number of likely N-dealkylation sites (tertiary alicyclic amines) is 1. The first kappa shape index (κ1) is 22.1. The zero-order chi connectivity index (χ0) is 24.6. The van der Waals surface area contributed by atoms with E-state index in [1.807, 2.05) is 55.4 Å². The maximum absolute atomic E-state index is 13.7. The molecule has 2 saturated heterocycles. The highest BCUT2D eigenvalue weighted by Gasteiger charge is 2.65. The van der Waals surface area contributed by atoms with Crippen LogP contribution in [0.5, 0.6) is 0 Å². The molecule has 0 spiro atoms. The van der Waals surface area contributed by atoms with Crippen LogP contribution in [0.1, 0.15) is 43.4 Å². The number of allylic oxidation sites excluding steroid dienone is 2. The number of hydrogen-bond acceptors (Lipinski definition) is 4. The molecule has 6 heteroatoms. The molecule has 0 N–H and O–H groups in total. The summed E-state index contributed by atoms with van der Waals surface area (Å²) in [5.41, 5.74) is 3.96. The molecule has 180 valence electrons. The number of nitrogens with zero attached hydrogens (tertiary/aromatic N) is 3. The molecule has 2 bridgehead atoms. The lowest BCUT2D eigenvalue weighted by Crippen LogP contribution is -2.67. The van der Waals surface area contributed by atoms with Crippen LogP contribution < -0.4 is 9.80 Å². The van der Waals surface area contributed by atoms with E-state index >= 15 is 0 Å². The highest BCUT2D eigenvalue weighted by molar-refractivity contribution is 6.15. The second-order valence-corrected chi connectivity index (χ2v) is 10.9. The average Bonchev–Trinajstić information content (AvgIpc) is 3.53. The third kappa shape index (κ3) is 3.12. The van der Waals surface area contributed by atoms with Gasteiger partial charge in [-0.3, -0.25) is 19.3 Å². The van der Waals surface area contributed by atoms with Crippen molar-refractivity contribution < 1.29 is 14.4 Å². The molecular formula is C29H31N3O3. The van der Waals surface area contributed by atoms with Crippen molar-refractivity contribution in [2.45, 2.75) is 38.3 Å². The molecule has 1 saturated carbocycles. The van der Waals surface area contributed by atoms with Gasteiger partial charge in [0.1, 0.15) is 6.04 Å². The van der Waals surface area contributed by atoms with Gasteiger partial charge in [-0.05, 0) is 59.6 Å². The number of amides is 3. The van der Waals surface area contributed by atoms with E-state index in [0.717, 1.165) is 23.4 Å². The fourth-order valence-electron chi connectivity index (χ4n) is 6.53. The van der Waals surface area contributed by atoms with Crippen LogP contribution in [-0.2, 0) is 14.4 Å². The molecule has 3 fully saturated rings. The molecule has 0 aromatic heterocycles. The Balaban J connectivity index is 1.38. The molecule has 6 atom stereocenters. The highest BCUT2D eigenvalue weighted by atomic mass is 16.2. The van der Waals surface area contributed by atoms with Crippen molar-refractivity contribution in [3.05, 3.63) is 71.8 Å². The fourth-order valence-corrected chi connectivity index (χ4v) is 6.53. The van der Waals surface area contributed by atoms with Crippen molar-refractivity contribution in [1.29, 1.82) is 0 Å². The van der Waals surface area contributed by atoms with E-state index < -0.39 is 12.1 Å². The Morgan fingerprint density at radius 3 is 1.83 bits per heavy atom. The highest BCUT2D eigenvalue weighted by Crippen LogP contribution is 2.55. The number of rotatable bonds is 5. The molecule has 0 radical (unpaired) electrons. The van der Waals surface area contributed by atoms with Crippen LogP contribution in [0.25, 0.3) is 0 Å². The summed E-state index contributed by atoms with van der Waals surface area (Å²) in [6.07, 6.45) is 5.05. The third-order valence-electron chi connectivity index (χ3n) is 8.44. The van der Waals surface area contributed by atoms with Crippen molar-refractivity contribution in [2.75, 3.05) is 23.9 Å². The molecule has 2 aliphatic heterocycles. The quantitative estimate of drug-likeness (QED) is 0.375. The minimum atomic E-state index is -0.793. The summed E-state index contributed by atoms with van der Waals surface area (Å²) in [4.78, 5) is 45.8. The second kappa shape index (κ2) is 7.80. The Kier molecular flexibility index (Phi) is 4.92. The van der Waals surface area contributed by atoms with E-state index in [4.69, 9.17) is 0 Å². The van der Waals surface area contributed by atoms with Crippen LogP contribution in [0.15, 0.2) is 60.7 Å². The molecule has 6 unspecified atom stereocenters. The van der Waals surface area contributed by atoms with Gasteiger partial charge in [0.05, 0.1) is 17.9 Å². The Hall–Kier alpha value is -3.41. The van der Waals surface area contributed by atoms with E-state index in [0.29, 0.717) is 5.92 Å². The van der Waals surface area contributed by atoms with Crippen molar-refractivity contribution in [3.8, 4) is 0 Å². The molecular weight excluding hydrogens is 438 g/mol.